The van der Waals surface area contributed by atoms with Crippen LogP contribution in [-0.2, 0) is 14.3 Å². The summed E-state index contributed by atoms with van der Waals surface area (Å²) in [7, 11) is 0. The van der Waals surface area contributed by atoms with E-state index in [2.05, 4.69) is 10.6 Å². The second-order valence-electron chi connectivity index (χ2n) is 7.96. The van der Waals surface area contributed by atoms with E-state index in [1.807, 2.05) is 0 Å². The van der Waals surface area contributed by atoms with Gasteiger partial charge < -0.3 is 19.7 Å². The summed E-state index contributed by atoms with van der Waals surface area (Å²) in [6.07, 6.45) is 0.400. The highest BCUT2D eigenvalue weighted by Crippen LogP contribution is 2.55. The predicted molar refractivity (Wildman–Crippen MR) is 124 cm³/mol. The fourth-order valence-corrected chi connectivity index (χ4v) is 4.05. The Morgan fingerprint density at radius 2 is 1.71 bits per heavy atom. The standard InChI is InChI=1S/C24H20ClF2N3O5/c1-13(16-5-2-3-6-17(16)25)35-23(34)29-18-7-4-12-30(18)15-10-8-14(9-11-15)28-21(31)19-20(22(32)33)24(19,26)27/h2-13,19-20H,1H3,(H,28,31)(H,29,34)(H,32,33)/t13?,19?,20-/m0/s1. The highest BCUT2D eigenvalue weighted by atomic mass is 35.5. The van der Waals surface area contributed by atoms with Crippen molar-refractivity contribution in [2.75, 3.05) is 10.6 Å². The number of aliphatic carboxylic acids is 1. The van der Waals surface area contributed by atoms with Crippen LogP contribution in [0.15, 0.2) is 66.9 Å². The molecule has 0 saturated heterocycles. The van der Waals surface area contributed by atoms with Crippen LogP contribution in [-0.4, -0.2) is 33.6 Å². The van der Waals surface area contributed by atoms with Crippen molar-refractivity contribution < 1.29 is 33.0 Å². The molecule has 8 nitrogen and oxygen atoms in total. The van der Waals surface area contributed by atoms with Gasteiger partial charge in [-0.3, -0.25) is 14.9 Å². The summed E-state index contributed by atoms with van der Waals surface area (Å²) in [6, 6.07) is 16.5. The van der Waals surface area contributed by atoms with Gasteiger partial charge in [0.1, 0.15) is 23.8 Å². The predicted octanol–water partition coefficient (Wildman–Crippen LogP) is 5.34. The summed E-state index contributed by atoms with van der Waals surface area (Å²) in [4.78, 5) is 35.4. The van der Waals surface area contributed by atoms with E-state index in [9.17, 15) is 23.2 Å². The number of amides is 2. The molecule has 1 heterocycles. The van der Waals surface area contributed by atoms with Crippen molar-refractivity contribution >= 4 is 41.1 Å². The number of ether oxygens (including phenoxy) is 1. The van der Waals surface area contributed by atoms with Gasteiger partial charge in [0, 0.05) is 28.2 Å². The van der Waals surface area contributed by atoms with Gasteiger partial charge in [0.05, 0.1) is 0 Å². The van der Waals surface area contributed by atoms with Crippen molar-refractivity contribution in [2.24, 2.45) is 11.8 Å². The van der Waals surface area contributed by atoms with E-state index in [-0.39, 0.29) is 5.69 Å². The minimum atomic E-state index is -3.57. The number of nitrogens with one attached hydrogen (secondary N) is 2. The van der Waals surface area contributed by atoms with Crippen LogP contribution in [0, 0.1) is 11.8 Å². The monoisotopic (exact) mass is 503 g/mol. The Morgan fingerprint density at radius 1 is 1.03 bits per heavy atom. The molecule has 3 N–H and O–H groups in total. The van der Waals surface area contributed by atoms with Crippen molar-refractivity contribution in [3.63, 3.8) is 0 Å². The van der Waals surface area contributed by atoms with E-state index < -0.39 is 41.8 Å². The van der Waals surface area contributed by atoms with Crippen LogP contribution in [0.3, 0.4) is 0 Å². The lowest BCUT2D eigenvalue weighted by Crippen LogP contribution is -2.18. The molecule has 2 unspecified atom stereocenters. The number of nitrogens with zero attached hydrogens (tertiary/aromatic N) is 1. The topological polar surface area (TPSA) is 110 Å². The number of aromatic nitrogens is 1. The largest absolute Gasteiger partial charge is 0.481 e. The Labute approximate surface area is 203 Å². The van der Waals surface area contributed by atoms with Crippen molar-refractivity contribution in [3.05, 3.63) is 77.4 Å². The molecule has 4 rings (SSSR count). The third-order valence-electron chi connectivity index (χ3n) is 5.62. The molecule has 11 heteroatoms. The lowest BCUT2D eigenvalue weighted by molar-refractivity contribution is -0.141. The molecule has 1 saturated carbocycles. The minimum absolute atomic E-state index is 0.222. The van der Waals surface area contributed by atoms with Gasteiger partial charge in [-0.25, -0.2) is 13.6 Å². The first-order chi connectivity index (χ1) is 16.6. The zero-order valence-corrected chi connectivity index (χ0v) is 19.0. The Balaban J connectivity index is 1.39. The van der Waals surface area contributed by atoms with Crippen molar-refractivity contribution in [1.82, 2.24) is 4.57 Å². The molecular weight excluding hydrogens is 484 g/mol. The average molecular weight is 504 g/mol. The molecule has 1 aliphatic carbocycles. The van der Waals surface area contributed by atoms with Gasteiger partial charge in [-0.1, -0.05) is 29.8 Å². The lowest BCUT2D eigenvalue weighted by Gasteiger charge is -2.16. The lowest BCUT2D eigenvalue weighted by atomic mass is 10.1. The maximum Gasteiger partial charge on any atom is 0.413 e. The summed E-state index contributed by atoms with van der Waals surface area (Å²) in [5.41, 5.74) is 1.49. The number of hydrogen-bond acceptors (Lipinski definition) is 4. The molecule has 182 valence electrons. The number of carboxylic acid groups (broad SMARTS) is 1. The van der Waals surface area contributed by atoms with E-state index in [1.54, 1.807) is 66.2 Å². The average Bonchev–Trinajstić information content (AvgIpc) is 3.12. The van der Waals surface area contributed by atoms with Crippen LogP contribution in [0.4, 0.5) is 25.1 Å². The number of hydrogen-bond donors (Lipinski definition) is 3. The van der Waals surface area contributed by atoms with Gasteiger partial charge in [-0.2, -0.15) is 0 Å². The van der Waals surface area contributed by atoms with Crippen molar-refractivity contribution in [3.8, 4) is 5.69 Å². The van der Waals surface area contributed by atoms with Crippen LogP contribution in [0.2, 0.25) is 5.02 Å². The number of anilines is 2. The van der Waals surface area contributed by atoms with Gasteiger partial charge in [-0.05, 0) is 49.4 Å². The highest BCUT2D eigenvalue weighted by Gasteiger charge is 2.75. The molecule has 1 aromatic heterocycles. The van der Waals surface area contributed by atoms with E-state index >= 15 is 0 Å². The maximum atomic E-state index is 13.6. The molecule has 0 aliphatic heterocycles. The molecular formula is C24H20ClF2N3O5. The fraction of sp³-hybridized carbons (Fsp3) is 0.208. The van der Waals surface area contributed by atoms with Gasteiger partial charge in [0.15, 0.2) is 0 Å². The zero-order chi connectivity index (χ0) is 25.3. The Kier molecular flexibility index (Phi) is 6.49. The zero-order valence-electron chi connectivity index (χ0n) is 18.2. The molecule has 1 aliphatic rings. The quantitative estimate of drug-likeness (QED) is 0.403. The third kappa shape index (κ3) is 4.97. The second kappa shape index (κ2) is 9.38. The normalized spacial score (nSPS) is 18.9. The SMILES string of the molecule is CC(OC(=O)Nc1cccn1-c1ccc(NC(=O)C2[C@@H](C(=O)O)C2(F)F)cc1)c1ccccc1Cl. The molecule has 3 aromatic rings. The minimum Gasteiger partial charge on any atom is -0.481 e. The number of rotatable bonds is 7. The van der Waals surface area contributed by atoms with Crippen LogP contribution in [0.1, 0.15) is 18.6 Å². The first-order valence-corrected chi connectivity index (χ1v) is 10.9. The van der Waals surface area contributed by atoms with Crippen LogP contribution >= 0.6 is 11.6 Å². The number of benzene rings is 2. The number of carbonyl (C=O) groups is 3. The van der Waals surface area contributed by atoms with Gasteiger partial charge in [0.2, 0.25) is 5.91 Å². The Bertz CT molecular complexity index is 1280. The Morgan fingerprint density at radius 3 is 2.34 bits per heavy atom. The van der Waals surface area contributed by atoms with Gasteiger partial charge >= 0.3 is 12.1 Å². The Hall–Kier alpha value is -3.92. The molecule has 2 aromatic carbocycles. The second-order valence-corrected chi connectivity index (χ2v) is 8.37. The molecule has 1 fully saturated rings. The molecule has 0 radical (unpaired) electrons. The number of carbonyl (C=O) groups excluding carboxylic acids is 2. The van der Waals surface area contributed by atoms with Crippen LogP contribution in [0.5, 0.6) is 0 Å². The summed E-state index contributed by atoms with van der Waals surface area (Å²) < 4.78 is 34.2. The highest BCUT2D eigenvalue weighted by molar-refractivity contribution is 6.31. The summed E-state index contributed by atoms with van der Waals surface area (Å²) in [5, 5.41) is 14.3. The summed E-state index contributed by atoms with van der Waals surface area (Å²) >= 11 is 6.15. The number of alkyl halides is 2. The van der Waals surface area contributed by atoms with Crippen molar-refractivity contribution in [1.29, 1.82) is 0 Å². The third-order valence-corrected chi connectivity index (χ3v) is 5.97. The number of carboxylic acids is 1. The summed E-state index contributed by atoms with van der Waals surface area (Å²) in [5.74, 6) is -9.86. The van der Waals surface area contributed by atoms with Crippen molar-refractivity contribution in [2.45, 2.75) is 19.0 Å². The van der Waals surface area contributed by atoms with E-state index in [0.717, 1.165) is 0 Å². The maximum absolute atomic E-state index is 13.6. The molecule has 3 atom stereocenters. The first-order valence-electron chi connectivity index (χ1n) is 10.5. The van der Waals surface area contributed by atoms with E-state index in [1.165, 1.54) is 12.1 Å². The van der Waals surface area contributed by atoms with Gasteiger partial charge in [-0.15, -0.1) is 0 Å². The first kappa shape index (κ1) is 24.2. The molecule has 2 amide bonds. The van der Waals surface area contributed by atoms with Crippen LogP contribution in [0.25, 0.3) is 5.69 Å². The smallest absolute Gasteiger partial charge is 0.413 e. The summed E-state index contributed by atoms with van der Waals surface area (Å²) in [6.45, 7) is 1.70. The van der Waals surface area contributed by atoms with Gasteiger partial charge in [0.25, 0.3) is 5.92 Å². The van der Waals surface area contributed by atoms with Crippen LogP contribution < -0.4 is 10.6 Å². The number of halogens is 3. The van der Waals surface area contributed by atoms with E-state index in [4.69, 9.17) is 21.4 Å². The molecule has 0 bridgehead atoms. The van der Waals surface area contributed by atoms with E-state index in [0.29, 0.717) is 22.1 Å². The molecule has 35 heavy (non-hydrogen) atoms. The molecule has 0 spiro atoms. The fourth-order valence-electron chi connectivity index (χ4n) is 3.76.